The third-order valence-electron chi connectivity index (χ3n) is 2.29. The second-order valence-electron chi connectivity index (χ2n) is 3.52. The van der Waals surface area contributed by atoms with Gasteiger partial charge in [-0.1, -0.05) is 24.3 Å². The molecule has 0 heterocycles. The van der Waals surface area contributed by atoms with Gasteiger partial charge in [-0.25, -0.2) is 0 Å². The van der Waals surface area contributed by atoms with Gasteiger partial charge in [0.05, 0.1) is 12.3 Å². The summed E-state index contributed by atoms with van der Waals surface area (Å²) >= 11 is 0. The molecule has 0 atom stereocenters. The lowest BCUT2D eigenvalue weighted by Gasteiger charge is -2.12. The minimum Gasteiger partial charge on any atom is -0.490 e. The maximum Gasteiger partial charge on any atom is 0.169 e. The van der Waals surface area contributed by atoms with Crippen molar-refractivity contribution in [2.45, 2.75) is 6.92 Å². The molecule has 17 heavy (non-hydrogen) atoms. The van der Waals surface area contributed by atoms with Gasteiger partial charge in [-0.15, -0.1) is 0 Å². The number of nitrogen functional groups attached to an aromatic ring is 1. The summed E-state index contributed by atoms with van der Waals surface area (Å²) in [5.74, 6) is 2.03. The van der Waals surface area contributed by atoms with Crippen molar-refractivity contribution in [2.75, 3.05) is 12.3 Å². The Kier molecular flexibility index (Phi) is 3.50. The number of benzene rings is 2. The quantitative estimate of drug-likeness (QED) is 0.816. The monoisotopic (exact) mass is 229 g/mol. The van der Waals surface area contributed by atoms with E-state index in [1.54, 1.807) is 6.07 Å². The van der Waals surface area contributed by atoms with Gasteiger partial charge in [0.25, 0.3) is 0 Å². The predicted molar refractivity (Wildman–Crippen MR) is 68.5 cm³/mol. The van der Waals surface area contributed by atoms with Crippen LogP contribution in [-0.2, 0) is 0 Å². The van der Waals surface area contributed by atoms with E-state index in [-0.39, 0.29) is 0 Å². The molecule has 2 rings (SSSR count). The Morgan fingerprint density at radius 2 is 1.47 bits per heavy atom. The molecule has 0 aliphatic heterocycles. The number of hydrogen-bond acceptors (Lipinski definition) is 3. The third kappa shape index (κ3) is 2.69. The molecule has 0 unspecified atom stereocenters. The molecule has 2 aromatic carbocycles. The van der Waals surface area contributed by atoms with Crippen LogP contribution in [0.1, 0.15) is 6.92 Å². The summed E-state index contributed by atoms with van der Waals surface area (Å²) in [6, 6.07) is 14.9. The Hall–Kier alpha value is -2.16. The zero-order chi connectivity index (χ0) is 12.1. The van der Waals surface area contributed by atoms with E-state index in [2.05, 4.69) is 0 Å². The lowest BCUT2D eigenvalue weighted by Crippen LogP contribution is -1.96. The number of ether oxygens (including phenoxy) is 2. The van der Waals surface area contributed by atoms with E-state index >= 15 is 0 Å². The lowest BCUT2D eigenvalue weighted by molar-refractivity contribution is 0.321. The largest absolute Gasteiger partial charge is 0.490 e. The molecule has 88 valence electrons. The van der Waals surface area contributed by atoms with Crippen LogP contribution in [0.3, 0.4) is 0 Å². The molecule has 3 nitrogen and oxygen atoms in total. The number of anilines is 1. The van der Waals surface area contributed by atoms with Crippen molar-refractivity contribution in [3.05, 3.63) is 48.5 Å². The number of nitrogens with two attached hydrogens (primary N) is 1. The van der Waals surface area contributed by atoms with Crippen LogP contribution in [-0.4, -0.2) is 6.61 Å². The smallest absolute Gasteiger partial charge is 0.169 e. The van der Waals surface area contributed by atoms with E-state index in [0.29, 0.717) is 23.8 Å². The van der Waals surface area contributed by atoms with Gasteiger partial charge < -0.3 is 15.2 Å². The first-order chi connectivity index (χ1) is 8.31. The van der Waals surface area contributed by atoms with Crippen LogP contribution in [0.5, 0.6) is 17.2 Å². The first-order valence-electron chi connectivity index (χ1n) is 5.55. The van der Waals surface area contributed by atoms with E-state index in [4.69, 9.17) is 15.2 Å². The highest BCUT2D eigenvalue weighted by Gasteiger charge is 2.06. The molecule has 0 saturated carbocycles. The molecule has 2 N–H and O–H groups in total. The van der Waals surface area contributed by atoms with Crippen molar-refractivity contribution in [2.24, 2.45) is 0 Å². The Labute approximate surface area is 101 Å². The predicted octanol–water partition coefficient (Wildman–Crippen LogP) is 3.46. The Morgan fingerprint density at radius 3 is 2.12 bits per heavy atom. The molecule has 0 spiro atoms. The van der Waals surface area contributed by atoms with Crippen molar-refractivity contribution in [1.29, 1.82) is 0 Å². The normalized spacial score (nSPS) is 9.94. The first kappa shape index (κ1) is 11.3. The summed E-state index contributed by atoms with van der Waals surface area (Å²) in [4.78, 5) is 0. The van der Waals surface area contributed by atoms with Crippen LogP contribution < -0.4 is 15.2 Å². The fraction of sp³-hybridized carbons (Fsp3) is 0.143. The molecule has 0 radical (unpaired) electrons. The first-order valence-corrected chi connectivity index (χ1v) is 5.55. The fourth-order valence-electron chi connectivity index (χ4n) is 1.50. The third-order valence-corrected chi connectivity index (χ3v) is 2.29. The molecule has 0 fully saturated rings. The highest BCUT2D eigenvalue weighted by molar-refractivity contribution is 5.55. The van der Waals surface area contributed by atoms with Gasteiger partial charge in [-0.3, -0.25) is 0 Å². The van der Waals surface area contributed by atoms with Crippen molar-refractivity contribution >= 4 is 5.69 Å². The van der Waals surface area contributed by atoms with Crippen LogP contribution in [0.25, 0.3) is 0 Å². The number of para-hydroxylation sites is 4. The van der Waals surface area contributed by atoms with Crippen molar-refractivity contribution in [3.8, 4) is 17.2 Å². The molecule has 0 aliphatic rings. The van der Waals surface area contributed by atoms with Crippen molar-refractivity contribution in [3.63, 3.8) is 0 Å². The Morgan fingerprint density at radius 1 is 0.882 bits per heavy atom. The zero-order valence-electron chi connectivity index (χ0n) is 9.72. The highest BCUT2D eigenvalue weighted by Crippen LogP contribution is 2.33. The standard InChI is InChI=1S/C14H15NO2/c1-2-16-13-9-5-6-10-14(13)17-12-8-4-3-7-11(12)15/h3-10H,2,15H2,1H3. The van der Waals surface area contributed by atoms with E-state index in [1.165, 1.54) is 0 Å². The second kappa shape index (κ2) is 5.25. The molecule has 0 bridgehead atoms. The average molecular weight is 229 g/mol. The molecule has 0 saturated heterocycles. The summed E-state index contributed by atoms with van der Waals surface area (Å²) < 4.78 is 11.2. The van der Waals surface area contributed by atoms with Gasteiger partial charge in [0.15, 0.2) is 17.2 Å². The Bertz CT molecular complexity index is 497. The summed E-state index contributed by atoms with van der Waals surface area (Å²) in [7, 11) is 0. The van der Waals surface area contributed by atoms with Gasteiger partial charge in [-0.05, 0) is 31.2 Å². The minimum absolute atomic E-state index is 0.602. The second-order valence-corrected chi connectivity index (χ2v) is 3.52. The van der Waals surface area contributed by atoms with Gasteiger partial charge in [0.1, 0.15) is 0 Å². The lowest BCUT2D eigenvalue weighted by atomic mass is 10.3. The highest BCUT2D eigenvalue weighted by atomic mass is 16.5. The van der Waals surface area contributed by atoms with E-state index in [1.807, 2.05) is 49.4 Å². The number of hydrogen-bond donors (Lipinski definition) is 1. The molecule has 2 aromatic rings. The van der Waals surface area contributed by atoms with Gasteiger partial charge in [-0.2, -0.15) is 0 Å². The van der Waals surface area contributed by atoms with E-state index in [0.717, 1.165) is 5.75 Å². The molecule has 3 heteroatoms. The van der Waals surface area contributed by atoms with Crippen molar-refractivity contribution < 1.29 is 9.47 Å². The molecular weight excluding hydrogens is 214 g/mol. The van der Waals surface area contributed by atoms with E-state index in [9.17, 15) is 0 Å². The van der Waals surface area contributed by atoms with Gasteiger partial charge in [0.2, 0.25) is 0 Å². The van der Waals surface area contributed by atoms with Gasteiger partial charge >= 0.3 is 0 Å². The van der Waals surface area contributed by atoms with Crippen LogP contribution in [0.15, 0.2) is 48.5 Å². The summed E-state index contributed by atoms with van der Waals surface area (Å²) in [5.41, 5.74) is 6.44. The van der Waals surface area contributed by atoms with Crippen LogP contribution in [0, 0.1) is 0 Å². The minimum atomic E-state index is 0.602. The fourth-order valence-corrected chi connectivity index (χ4v) is 1.50. The summed E-state index contributed by atoms with van der Waals surface area (Å²) in [5, 5.41) is 0. The van der Waals surface area contributed by atoms with Crippen LogP contribution >= 0.6 is 0 Å². The van der Waals surface area contributed by atoms with Gasteiger partial charge in [0, 0.05) is 0 Å². The summed E-state index contributed by atoms with van der Waals surface area (Å²) in [6.45, 7) is 2.54. The molecular formula is C14H15NO2. The average Bonchev–Trinajstić information content (AvgIpc) is 2.35. The molecule has 0 aromatic heterocycles. The Balaban J connectivity index is 2.27. The maximum atomic E-state index is 5.83. The maximum absolute atomic E-state index is 5.83. The topological polar surface area (TPSA) is 44.5 Å². The molecule has 0 amide bonds. The van der Waals surface area contributed by atoms with Crippen LogP contribution in [0.4, 0.5) is 5.69 Å². The summed E-state index contributed by atoms with van der Waals surface area (Å²) in [6.07, 6.45) is 0. The van der Waals surface area contributed by atoms with Crippen LogP contribution in [0.2, 0.25) is 0 Å². The van der Waals surface area contributed by atoms with Crippen molar-refractivity contribution in [1.82, 2.24) is 0 Å². The van der Waals surface area contributed by atoms with E-state index < -0.39 is 0 Å². The SMILES string of the molecule is CCOc1ccccc1Oc1ccccc1N. The zero-order valence-corrected chi connectivity index (χ0v) is 9.72. The number of rotatable bonds is 4. The molecule has 0 aliphatic carbocycles.